The summed E-state index contributed by atoms with van der Waals surface area (Å²) in [5.74, 6) is 1.44. The van der Waals surface area contributed by atoms with E-state index in [4.69, 9.17) is 9.47 Å². The molecule has 3 rings (SSSR count). The third kappa shape index (κ3) is 4.33. The second-order valence-electron chi connectivity index (χ2n) is 5.88. The molecule has 1 heterocycles. The highest BCUT2D eigenvalue weighted by molar-refractivity contribution is 8.00. The van der Waals surface area contributed by atoms with Gasteiger partial charge in [0.15, 0.2) is 5.78 Å². The van der Waals surface area contributed by atoms with E-state index in [1.807, 2.05) is 38.1 Å². The van der Waals surface area contributed by atoms with E-state index in [1.54, 1.807) is 36.1 Å². The van der Waals surface area contributed by atoms with Crippen LogP contribution in [0.3, 0.4) is 0 Å². The summed E-state index contributed by atoms with van der Waals surface area (Å²) in [4.78, 5) is 13.0. The number of para-hydroxylation sites is 2. The average molecular weight is 398 g/mol. The van der Waals surface area contributed by atoms with E-state index in [1.165, 1.54) is 11.8 Å². The highest BCUT2D eigenvalue weighted by atomic mass is 32.2. The molecule has 1 aromatic heterocycles. The van der Waals surface area contributed by atoms with E-state index < -0.39 is 0 Å². The SMILES string of the molecule is CCOc1ccccc1-n1nnnc1SC(CC)C(=O)c1ccc(OC)cc1. The van der Waals surface area contributed by atoms with Gasteiger partial charge in [-0.3, -0.25) is 4.79 Å². The number of ketones is 1. The molecule has 0 spiro atoms. The highest BCUT2D eigenvalue weighted by Gasteiger charge is 2.24. The van der Waals surface area contributed by atoms with Crippen LogP contribution in [0.4, 0.5) is 0 Å². The Kier molecular flexibility index (Phi) is 6.65. The zero-order valence-corrected chi connectivity index (χ0v) is 16.8. The van der Waals surface area contributed by atoms with E-state index >= 15 is 0 Å². The summed E-state index contributed by atoms with van der Waals surface area (Å²) < 4.78 is 12.5. The normalized spacial score (nSPS) is 11.8. The maximum Gasteiger partial charge on any atom is 0.214 e. The minimum atomic E-state index is -0.308. The molecule has 0 amide bonds. The van der Waals surface area contributed by atoms with Crippen LogP contribution in [0.5, 0.6) is 11.5 Å². The summed E-state index contributed by atoms with van der Waals surface area (Å²) in [6.07, 6.45) is 0.648. The maximum atomic E-state index is 13.0. The van der Waals surface area contributed by atoms with Crippen LogP contribution in [0.2, 0.25) is 0 Å². The van der Waals surface area contributed by atoms with Crippen molar-refractivity contribution in [1.82, 2.24) is 20.2 Å². The summed E-state index contributed by atoms with van der Waals surface area (Å²) in [5, 5.41) is 12.3. The van der Waals surface area contributed by atoms with E-state index in [0.29, 0.717) is 35.2 Å². The van der Waals surface area contributed by atoms with Crippen molar-refractivity contribution in [3.05, 3.63) is 54.1 Å². The summed E-state index contributed by atoms with van der Waals surface area (Å²) in [7, 11) is 1.60. The van der Waals surface area contributed by atoms with Gasteiger partial charge in [-0.25, -0.2) is 0 Å². The van der Waals surface area contributed by atoms with Gasteiger partial charge in [-0.15, -0.1) is 5.10 Å². The Morgan fingerprint density at radius 3 is 2.57 bits per heavy atom. The van der Waals surface area contributed by atoms with Crippen molar-refractivity contribution in [2.75, 3.05) is 13.7 Å². The first kappa shape index (κ1) is 19.9. The molecule has 8 heteroatoms. The van der Waals surface area contributed by atoms with Gasteiger partial charge in [-0.2, -0.15) is 4.68 Å². The second-order valence-corrected chi connectivity index (χ2v) is 7.05. The Morgan fingerprint density at radius 1 is 1.14 bits per heavy atom. The van der Waals surface area contributed by atoms with Crippen LogP contribution >= 0.6 is 11.8 Å². The van der Waals surface area contributed by atoms with Crippen molar-refractivity contribution in [2.45, 2.75) is 30.7 Å². The Morgan fingerprint density at radius 2 is 1.89 bits per heavy atom. The largest absolute Gasteiger partial charge is 0.497 e. The van der Waals surface area contributed by atoms with E-state index in [0.717, 1.165) is 5.69 Å². The molecule has 0 bridgehead atoms. The molecule has 146 valence electrons. The number of carbonyl (C=O) groups excluding carboxylic acids is 1. The van der Waals surface area contributed by atoms with Crippen molar-refractivity contribution in [3.8, 4) is 17.2 Å². The number of ether oxygens (including phenoxy) is 2. The van der Waals surface area contributed by atoms with Crippen molar-refractivity contribution in [2.24, 2.45) is 0 Å². The number of thioether (sulfide) groups is 1. The number of hydrogen-bond acceptors (Lipinski definition) is 7. The second kappa shape index (κ2) is 9.36. The van der Waals surface area contributed by atoms with Crippen molar-refractivity contribution in [3.63, 3.8) is 0 Å². The van der Waals surface area contributed by atoms with Gasteiger partial charge in [0.25, 0.3) is 0 Å². The van der Waals surface area contributed by atoms with E-state index in [9.17, 15) is 4.79 Å². The molecule has 0 saturated carbocycles. The molecule has 1 atom stereocenters. The average Bonchev–Trinajstić information content (AvgIpc) is 3.20. The Balaban J connectivity index is 1.85. The van der Waals surface area contributed by atoms with Crippen LogP contribution in [0, 0.1) is 0 Å². The van der Waals surface area contributed by atoms with Gasteiger partial charge in [0.1, 0.15) is 17.2 Å². The minimum absolute atomic E-state index is 0.0304. The number of tetrazole rings is 1. The summed E-state index contributed by atoms with van der Waals surface area (Å²) in [6, 6.07) is 14.7. The number of rotatable bonds is 9. The molecule has 1 unspecified atom stereocenters. The fraction of sp³-hybridized carbons (Fsp3) is 0.300. The van der Waals surface area contributed by atoms with Crippen LogP contribution in [0.1, 0.15) is 30.6 Å². The lowest BCUT2D eigenvalue weighted by Gasteiger charge is -2.14. The Bertz CT molecular complexity index is 927. The zero-order chi connectivity index (χ0) is 19.9. The molecule has 0 N–H and O–H groups in total. The first-order valence-electron chi connectivity index (χ1n) is 9.03. The van der Waals surface area contributed by atoms with Crippen LogP contribution < -0.4 is 9.47 Å². The number of aromatic nitrogens is 4. The quantitative estimate of drug-likeness (QED) is 0.400. The monoisotopic (exact) mass is 398 g/mol. The summed E-state index contributed by atoms with van der Waals surface area (Å²) in [5.41, 5.74) is 1.37. The zero-order valence-electron chi connectivity index (χ0n) is 16.0. The predicted octanol–water partition coefficient (Wildman–Crippen LogP) is 3.82. The topological polar surface area (TPSA) is 79.1 Å². The number of hydrogen-bond donors (Lipinski definition) is 0. The molecule has 0 saturated heterocycles. The molecule has 0 aliphatic carbocycles. The van der Waals surface area contributed by atoms with Crippen LogP contribution in [0.25, 0.3) is 5.69 Å². The standard InChI is InChI=1S/C20H22N4O3S/c1-4-18(19(25)14-10-12-15(26-3)13-11-14)28-20-21-22-23-24(20)16-8-6-7-9-17(16)27-5-2/h6-13,18H,4-5H2,1-3H3. The number of Topliss-reactive ketones (excluding diaryl/α,β-unsaturated/α-hetero) is 1. The maximum absolute atomic E-state index is 13.0. The molecule has 3 aromatic rings. The van der Waals surface area contributed by atoms with Crippen molar-refractivity contribution >= 4 is 17.5 Å². The minimum Gasteiger partial charge on any atom is -0.497 e. The predicted molar refractivity (Wildman–Crippen MR) is 108 cm³/mol. The van der Waals surface area contributed by atoms with Crippen LogP contribution in [0.15, 0.2) is 53.7 Å². The third-order valence-corrected chi connectivity index (χ3v) is 5.42. The molecule has 0 radical (unpaired) electrons. The van der Waals surface area contributed by atoms with Gasteiger partial charge in [-0.05, 0) is 60.2 Å². The van der Waals surface area contributed by atoms with Gasteiger partial charge in [-0.1, -0.05) is 30.8 Å². The first-order valence-corrected chi connectivity index (χ1v) is 9.91. The van der Waals surface area contributed by atoms with E-state index in [2.05, 4.69) is 15.5 Å². The highest BCUT2D eigenvalue weighted by Crippen LogP contribution is 2.30. The molecule has 28 heavy (non-hydrogen) atoms. The Hall–Kier alpha value is -2.87. The van der Waals surface area contributed by atoms with Gasteiger partial charge < -0.3 is 9.47 Å². The van der Waals surface area contributed by atoms with Gasteiger partial charge >= 0.3 is 0 Å². The summed E-state index contributed by atoms with van der Waals surface area (Å²) in [6.45, 7) is 4.43. The molecule has 0 aliphatic heterocycles. The Labute approximate surface area is 168 Å². The van der Waals surface area contributed by atoms with Gasteiger partial charge in [0.2, 0.25) is 5.16 Å². The van der Waals surface area contributed by atoms with Gasteiger partial charge in [0.05, 0.1) is 19.0 Å². The molecule has 7 nitrogen and oxygen atoms in total. The lowest BCUT2D eigenvalue weighted by molar-refractivity contribution is 0.0988. The lowest BCUT2D eigenvalue weighted by atomic mass is 10.1. The van der Waals surface area contributed by atoms with Crippen molar-refractivity contribution < 1.29 is 14.3 Å². The van der Waals surface area contributed by atoms with Gasteiger partial charge in [0, 0.05) is 5.56 Å². The lowest BCUT2D eigenvalue weighted by Crippen LogP contribution is -2.17. The number of methoxy groups -OCH3 is 1. The molecule has 2 aromatic carbocycles. The number of benzene rings is 2. The van der Waals surface area contributed by atoms with E-state index in [-0.39, 0.29) is 11.0 Å². The van der Waals surface area contributed by atoms with Crippen LogP contribution in [-0.2, 0) is 0 Å². The third-order valence-electron chi connectivity index (χ3n) is 4.12. The smallest absolute Gasteiger partial charge is 0.214 e. The number of nitrogens with zero attached hydrogens (tertiary/aromatic N) is 4. The molecule has 0 fully saturated rings. The molecular weight excluding hydrogens is 376 g/mol. The molecule has 0 aliphatic rings. The molecular formula is C20H22N4O3S. The number of carbonyl (C=O) groups is 1. The fourth-order valence-electron chi connectivity index (χ4n) is 2.70. The van der Waals surface area contributed by atoms with Crippen LogP contribution in [-0.4, -0.2) is 45.0 Å². The first-order chi connectivity index (χ1) is 13.7. The summed E-state index contributed by atoms with van der Waals surface area (Å²) >= 11 is 1.35. The fourth-order valence-corrected chi connectivity index (χ4v) is 3.69. The van der Waals surface area contributed by atoms with Crippen molar-refractivity contribution in [1.29, 1.82) is 0 Å².